The monoisotopic (exact) mass is 375 g/mol. The van der Waals surface area contributed by atoms with Gasteiger partial charge in [-0.15, -0.1) is 0 Å². The van der Waals surface area contributed by atoms with Crippen LogP contribution in [0.15, 0.2) is 36.4 Å². The van der Waals surface area contributed by atoms with Crippen LogP contribution in [0.2, 0.25) is 5.02 Å². The van der Waals surface area contributed by atoms with Crippen molar-refractivity contribution < 1.29 is 19.1 Å². The van der Waals surface area contributed by atoms with Gasteiger partial charge in [0.25, 0.3) is 0 Å². The Balaban J connectivity index is 2.53. The zero-order valence-electron chi connectivity index (χ0n) is 15.5. The van der Waals surface area contributed by atoms with Gasteiger partial charge in [-0.3, -0.25) is 9.59 Å². The predicted octanol–water partition coefficient (Wildman–Crippen LogP) is 4.57. The number of amides is 1. The Hall–Kier alpha value is -2.53. The van der Waals surface area contributed by atoms with Gasteiger partial charge >= 0.3 is 0 Å². The summed E-state index contributed by atoms with van der Waals surface area (Å²) in [6, 6.07) is 9.81. The second-order valence-electron chi connectivity index (χ2n) is 6.76. The van der Waals surface area contributed by atoms with E-state index in [0.29, 0.717) is 27.8 Å². The van der Waals surface area contributed by atoms with E-state index < -0.39 is 5.41 Å². The number of methoxy groups -OCH3 is 2. The van der Waals surface area contributed by atoms with Crippen molar-refractivity contribution in [1.82, 2.24) is 0 Å². The van der Waals surface area contributed by atoms with Crippen molar-refractivity contribution in [2.75, 3.05) is 19.5 Å². The van der Waals surface area contributed by atoms with Gasteiger partial charge in [0.2, 0.25) is 5.91 Å². The highest BCUT2D eigenvalue weighted by molar-refractivity contribution is 6.31. The van der Waals surface area contributed by atoms with Gasteiger partial charge in [-0.05, 0) is 30.3 Å². The molecule has 6 heteroatoms. The average Bonchev–Trinajstić information content (AvgIpc) is 2.60. The first-order valence-corrected chi connectivity index (χ1v) is 8.43. The minimum absolute atomic E-state index is 0.202. The van der Waals surface area contributed by atoms with E-state index in [9.17, 15) is 9.59 Å². The van der Waals surface area contributed by atoms with Crippen molar-refractivity contribution in [2.45, 2.75) is 20.8 Å². The summed E-state index contributed by atoms with van der Waals surface area (Å²) in [6.07, 6.45) is 0. The highest BCUT2D eigenvalue weighted by atomic mass is 35.5. The SMILES string of the molecule is COc1cccc(C(=O)c2cc(Cl)ccc2NC(=O)C(C)(C)C)c1OC. The molecule has 1 N–H and O–H groups in total. The van der Waals surface area contributed by atoms with Crippen molar-refractivity contribution in [3.8, 4) is 11.5 Å². The molecule has 0 aliphatic carbocycles. The number of ketones is 1. The van der Waals surface area contributed by atoms with Crippen LogP contribution in [-0.4, -0.2) is 25.9 Å². The van der Waals surface area contributed by atoms with Crippen LogP contribution in [0.25, 0.3) is 0 Å². The average molecular weight is 376 g/mol. The number of hydrogen-bond acceptors (Lipinski definition) is 4. The molecule has 1 amide bonds. The fourth-order valence-electron chi connectivity index (χ4n) is 2.33. The van der Waals surface area contributed by atoms with Crippen LogP contribution in [0, 0.1) is 5.41 Å². The normalized spacial score (nSPS) is 11.0. The highest BCUT2D eigenvalue weighted by Crippen LogP contribution is 2.34. The van der Waals surface area contributed by atoms with E-state index in [-0.39, 0.29) is 17.3 Å². The van der Waals surface area contributed by atoms with E-state index in [4.69, 9.17) is 21.1 Å². The first-order chi connectivity index (χ1) is 12.2. The van der Waals surface area contributed by atoms with Gasteiger partial charge in [0, 0.05) is 16.0 Å². The summed E-state index contributed by atoms with van der Waals surface area (Å²) < 4.78 is 10.6. The Bertz CT molecular complexity index is 840. The molecule has 0 bridgehead atoms. The van der Waals surface area contributed by atoms with Gasteiger partial charge < -0.3 is 14.8 Å². The molecule has 138 valence electrons. The number of benzene rings is 2. The van der Waals surface area contributed by atoms with Crippen LogP contribution in [0.3, 0.4) is 0 Å². The lowest BCUT2D eigenvalue weighted by Crippen LogP contribution is -2.28. The van der Waals surface area contributed by atoms with Crippen molar-refractivity contribution in [2.24, 2.45) is 5.41 Å². The number of rotatable bonds is 5. The lowest BCUT2D eigenvalue weighted by Gasteiger charge is -2.19. The number of hydrogen-bond donors (Lipinski definition) is 1. The lowest BCUT2D eigenvalue weighted by molar-refractivity contribution is -0.123. The van der Waals surface area contributed by atoms with Gasteiger partial charge in [-0.2, -0.15) is 0 Å². The van der Waals surface area contributed by atoms with Crippen molar-refractivity contribution in [3.63, 3.8) is 0 Å². The van der Waals surface area contributed by atoms with Gasteiger partial charge in [0.05, 0.1) is 25.5 Å². The van der Waals surface area contributed by atoms with E-state index in [1.54, 1.807) is 51.1 Å². The Kier molecular flexibility index (Phi) is 5.93. The third-order valence-electron chi connectivity index (χ3n) is 3.80. The molecule has 0 aliphatic heterocycles. The molecule has 2 rings (SSSR count). The van der Waals surface area contributed by atoms with Crippen LogP contribution in [0.5, 0.6) is 11.5 Å². The molecule has 0 aromatic heterocycles. The van der Waals surface area contributed by atoms with E-state index in [1.807, 2.05) is 0 Å². The molecular formula is C20H22ClNO4. The molecule has 2 aromatic rings. The van der Waals surface area contributed by atoms with Gasteiger partial charge in [0.15, 0.2) is 17.3 Å². The summed E-state index contributed by atoms with van der Waals surface area (Å²) in [5.41, 5.74) is 0.388. The molecule has 0 saturated heterocycles. The maximum Gasteiger partial charge on any atom is 0.229 e. The maximum absolute atomic E-state index is 13.2. The molecular weight excluding hydrogens is 354 g/mol. The molecule has 0 saturated carbocycles. The first-order valence-electron chi connectivity index (χ1n) is 8.05. The number of anilines is 1. The molecule has 0 atom stereocenters. The van der Waals surface area contributed by atoms with Gasteiger partial charge in [0.1, 0.15) is 0 Å². The molecule has 2 aromatic carbocycles. The Labute approximate surface area is 158 Å². The minimum atomic E-state index is -0.604. The van der Waals surface area contributed by atoms with Crippen LogP contribution in [0.1, 0.15) is 36.7 Å². The summed E-state index contributed by atoms with van der Waals surface area (Å²) in [5.74, 6) is 0.243. The van der Waals surface area contributed by atoms with Crippen molar-refractivity contribution >= 4 is 29.0 Å². The minimum Gasteiger partial charge on any atom is -0.493 e. The lowest BCUT2D eigenvalue weighted by atomic mass is 9.94. The summed E-state index contributed by atoms with van der Waals surface area (Å²) in [7, 11) is 2.97. The number of para-hydroxylation sites is 1. The summed E-state index contributed by atoms with van der Waals surface area (Å²) in [6.45, 7) is 5.39. The molecule has 0 radical (unpaired) electrons. The quantitative estimate of drug-likeness (QED) is 0.777. The second kappa shape index (κ2) is 7.79. The Morgan fingerprint density at radius 1 is 1.00 bits per heavy atom. The number of ether oxygens (including phenoxy) is 2. The van der Waals surface area contributed by atoms with E-state index in [2.05, 4.69) is 5.32 Å². The van der Waals surface area contributed by atoms with Crippen LogP contribution < -0.4 is 14.8 Å². The predicted molar refractivity (Wildman–Crippen MR) is 103 cm³/mol. The van der Waals surface area contributed by atoms with Gasteiger partial charge in [-0.25, -0.2) is 0 Å². The zero-order valence-corrected chi connectivity index (χ0v) is 16.2. The second-order valence-corrected chi connectivity index (χ2v) is 7.20. The number of carbonyl (C=O) groups is 2. The van der Waals surface area contributed by atoms with Crippen molar-refractivity contribution in [3.05, 3.63) is 52.5 Å². The summed E-state index contributed by atoms with van der Waals surface area (Å²) >= 11 is 6.09. The van der Waals surface area contributed by atoms with Gasteiger partial charge in [-0.1, -0.05) is 38.4 Å². The van der Waals surface area contributed by atoms with E-state index >= 15 is 0 Å². The Morgan fingerprint density at radius 2 is 1.69 bits per heavy atom. The largest absolute Gasteiger partial charge is 0.493 e. The molecule has 0 heterocycles. The molecule has 0 fully saturated rings. The molecule has 0 spiro atoms. The standard InChI is InChI=1S/C20H22ClNO4/c1-20(2,3)19(24)22-15-10-9-12(21)11-14(15)17(23)13-7-6-8-16(25-4)18(13)26-5/h6-11H,1-5H3,(H,22,24). The number of nitrogens with one attached hydrogen (secondary N) is 1. The summed E-state index contributed by atoms with van der Waals surface area (Å²) in [5, 5.41) is 3.20. The molecule has 0 unspecified atom stereocenters. The summed E-state index contributed by atoms with van der Waals surface area (Å²) in [4.78, 5) is 25.5. The maximum atomic E-state index is 13.2. The fraction of sp³-hybridized carbons (Fsp3) is 0.300. The van der Waals surface area contributed by atoms with Crippen LogP contribution in [-0.2, 0) is 4.79 Å². The molecule has 26 heavy (non-hydrogen) atoms. The van der Waals surface area contributed by atoms with Crippen LogP contribution >= 0.6 is 11.6 Å². The van der Waals surface area contributed by atoms with E-state index in [0.717, 1.165) is 0 Å². The highest BCUT2D eigenvalue weighted by Gasteiger charge is 2.25. The van der Waals surface area contributed by atoms with Crippen LogP contribution in [0.4, 0.5) is 5.69 Å². The van der Waals surface area contributed by atoms with E-state index in [1.165, 1.54) is 20.3 Å². The fourth-order valence-corrected chi connectivity index (χ4v) is 2.51. The third-order valence-corrected chi connectivity index (χ3v) is 4.04. The third kappa shape index (κ3) is 4.17. The number of halogens is 1. The van der Waals surface area contributed by atoms with Crippen molar-refractivity contribution in [1.29, 1.82) is 0 Å². The first kappa shape index (κ1) is 19.8. The topological polar surface area (TPSA) is 64.6 Å². The zero-order chi connectivity index (χ0) is 19.5. The number of carbonyl (C=O) groups excluding carboxylic acids is 2. The molecule has 0 aliphatic rings. The molecule has 5 nitrogen and oxygen atoms in total. The smallest absolute Gasteiger partial charge is 0.229 e. The Morgan fingerprint density at radius 3 is 2.27 bits per heavy atom.